The molecule has 0 bridgehead atoms. The van der Waals surface area contributed by atoms with Gasteiger partial charge >= 0.3 is 12.0 Å². The van der Waals surface area contributed by atoms with Crippen molar-refractivity contribution in [3.8, 4) is 0 Å². The average Bonchev–Trinajstić information content (AvgIpc) is 2.69. The molecule has 2 saturated heterocycles. The second-order valence-corrected chi connectivity index (χ2v) is 8.29. The topological polar surface area (TPSA) is 98.7 Å². The van der Waals surface area contributed by atoms with Gasteiger partial charge < -0.3 is 20.6 Å². The van der Waals surface area contributed by atoms with Crippen molar-refractivity contribution in [1.82, 2.24) is 10.2 Å². The van der Waals surface area contributed by atoms with Crippen molar-refractivity contribution in [2.24, 2.45) is 5.92 Å². The fourth-order valence-electron chi connectivity index (χ4n) is 3.55. The molecular formula is C19H25N3O4S. The maximum absolute atomic E-state index is 12.8. The zero-order valence-electron chi connectivity index (χ0n) is 15.1. The number of anilines is 1. The largest absolute Gasteiger partial charge is 0.480 e. The first-order chi connectivity index (χ1) is 13.0. The highest BCUT2D eigenvalue weighted by molar-refractivity contribution is 7.99. The van der Waals surface area contributed by atoms with Gasteiger partial charge in [0.2, 0.25) is 5.91 Å². The smallest absolute Gasteiger partial charge is 0.329 e. The molecule has 146 valence electrons. The lowest BCUT2D eigenvalue weighted by atomic mass is 9.89. The number of nitrogens with zero attached hydrogens (tertiary/aromatic N) is 1. The minimum Gasteiger partial charge on any atom is -0.480 e. The summed E-state index contributed by atoms with van der Waals surface area (Å²) in [4.78, 5) is 38.6. The van der Waals surface area contributed by atoms with E-state index in [9.17, 15) is 19.5 Å². The van der Waals surface area contributed by atoms with Crippen molar-refractivity contribution in [3.05, 3.63) is 30.3 Å². The number of urea groups is 1. The highest BCUT2D eigenvalue weighted by Crippen LogP contribution is 2.28. The fraction of sp³-hybridized carbons (Fsp3) is 0.526. The summed E-state index contributed by atoms with van der Waals surface area (Å²) in [5, 5.41) is 15.3. The summed E-state index contributed by atoms with van der Waals surface area (Å²) in [6, 6.07) is 8.94. The number of aliphatic carboxylic acids is 1. The van der Waals surface area contributed by atoms with Crippen LogP contribution < -0.4 is 10.6 Å². The van der Waals surface area contributed by atoms with Crippen molar-refractivity contribution >= 4 is 35.4 Å². The quantitative estimate of drug-likeness (QED) is 0.732. The predicted octanol–water partition coefficient (Wildman–Crippen LogP) is 2.40. The number of carbonyl (C=O) groups excluding carboxylic acids is 2. The minimum absolute atomic E-state index is 0.235. The summed E-state index contributed by atoms with van der Waals surface area (Å²) in [5.74, 6) is -0.163. The van der Waals surface area contributed by atoms with E-state index >= 15 is 0 Å². The third kappa shape index (κ3) is 4.74. The Morgan fingerprint density at radius 3 is 2.52 bits per heavy atom. The van der Waals surface area contributed by atoms with Crippen LogP contribution >= 0.6 is 11.8 Å². The number of thioether (sulfide) groups is 1. The average molecular weight is 391 g/mol. The zero-order valence-corrected chi connectivity index (χ0v) is 16.0. The Morgan fingerprint density at radius 2 is 1.85 bits per heavy atom. The SMILES string of the molecule is O=C(NC1(C(=O)O)CCSCC1)C1CCCN(C(=O)Nc2ccccc2)C1. The Labute approximate surface area is 162 Å². The van der Waals surface area contributed by atoms with Crippen LogP contribution in [0.25, 0.3) is 0 Å². The van der Waals surface area contributed by atoms with Crippen molar-refractivity contribution in [3.63, 3.8) is 0 Å². The van der Waals surface area contributed by atoms with E-state index in [0.29, 0.717) is 38.0 Å². The molecule has 0 radical (unpaired) electrons. The van der Waals surface area contributed by atoms with Gasteiger partial charge in [0, 0.05) is 18.8 Å². The molecular weight excluding hydrogens is 366 g/mol. The van der Waals surface area contributed by atoms with Gasteiger partial charge in [0.1, 0.15) is 5.54 Å². The highest BCUT2D eigenvalue weighted by Gasteiger charge is 2.43. The molecule has 0 aliphatic carbocycles. The number of benzene rings is 1. The summed E-state index contributed by atoms with van der Waals surface area (Å²) in [6.07, 6.45) is 2.24. The Kier molecular flexibility index (Phi) is 6.26. The summed E-state index contributed by atoms with van der Waals surface area (Å²) < 4.78 is 0. The van der Waals surface area contributed by atoms with E-state index in [2.05, 4.69) is 10.6 Å². The van der Waals surface area contributed by atoms with E-state index in [4.69, 9.17) is 0 Å². The van der Waals surface area contributed by atoms with Crippen LogP contribution in [-0.2, 0) is 9.59 Å². The van der Waals surface area contributed by atoms with Crippen LogP contribution in [0.3, 0.4) is 0 Å². The molecule has 1 aromatic carbocycles. The molecule has 7 nitrogen and oxygen atoms in total. The second kappa shape index (κ2) is 8.65. The molecule has 3 N–H and O–H groups in total. The van der Waals surface area contributed by atoms with Crippen molar-refractivity contribution in [1.29, 1.82) is 0 Å². The second-order valence-electron chi connectivity index (χ2n) is 7.07. The molecule has 27 heavy (non-hydrogen) atoms. The normalized spacial score (nSPS) is 21.9. The number of hydrogen-bond donors (Lipinski definition) is 3. The van der Waals surface area contributed by atoms with Gasteiger partial charge in [-0.1, -0.05) is 18.2 Å². The molecule has 3 amide bonds. The van der Waals surface area contributed by atoms with Gasteiger partial charge in [-0.3, -0.25) is 4.79 Å². The Hall–Kier alpha value is -2.22. The van der Waals surface area contributed by atoms with Gasteiger partial charge in [-0.2, -0.15) is 11.8 Å². The van der Waals surface area contributed by atoms with Crippen LogP contribution in [0, 0.1) is 5.92 Å². The molecule has 1 aromatic rings. The number of nitrogens with one attached hydrogen (secondary N) is 2. The lowest BCUT2D eigenvalue weighted by Gasteiger charge is -2.37. The summed E-state index contributed by atoms with van der Waals surface area (Å²) in [6.45, 7) is 0.887. The third-order valence-electron chi connectivity index (χ3n) is 5.22. The van der Waals surface area contributed by atoms with Crippen LogP contribution in [-0.4, -0.2) is 58.0 Å². The maximum atomic E-state index is 12.8. The Balaban J connectivity index is 1.60. The Morgan fingerprint density at radius 1 is 1.15 bits per heavy atom. The molecule has 1 unspecified atom stereocenters. The molecule has 8 heteroatoms. The summed E-state index contributed by atoms with van der Waals surface area (Å²) in [5.41, 5.74) is -0.463. The molecule has 3 rings (SSSR count). The molecule has 0 saturated carbocycles. The van der Waals surface area contributed by atoms with Crippen LogP contribution in [0.15, 0.2) is 30.3 Å². The lowest BCUT2D eigenvalue weighted by Crippen LogP contribution is -2.59. The standard InChI is InChI=1S/C19H25N3O4S/c23-16(21-19(17(24)25)8-11-27-12-9-19)14-5-4-10-22(13-14)18(26)20-15-6-2-1-3-7-15/h1-3,6-7,14H,4-5,8-13H2,(H,20,26)(H,21,23)(H,24,25). The van der Waals surface area contributed by atoms with E-state index in [1.807, 2.05) is 30.3 Å². The van der Waals surface area contributed by atoms with E-state index in [0.717, 1.165) is 17.9 Å². The van der Waals surface area contributed by atoms with E-state index in [1.54, 1.807) is 16.7 Å². The van der Waals surface area contributed by atoms with Crippen molar-refractivity contribution in [2.75, 3.05) is 29.9 Å². The Bertz CT molecular complexity index is 691. The monoisotopic (exact) mass is 391 g/mol. The van der Waals surface area contributed by atoms with E-state index < -0.39 is 11.5 Å². The molecule has 0 aromatic heterocycles. The van der Waals surface area contributed by atoms with E-state index in [-0.39, 0.29) is 17.9 Å². The molecule has 1 atom stereocenters. The molecule has 2 aliphatic heterocycles. The zero-order chi connectivity index (χ0) is 19.3. The summed E-state index contributed by atoms with van der Waals surface area (Å²) >= 11 is 1.71. The number of hydrogen-bond acceptors (Lipinski definition) is 4. The van der Waals surface area contributed by atoms with Crippen molar-refractivity contribution in [2.45, 2.75) is 31.2 Å². The molecule has 2 heterocycles. The first kappa shape index (κ1) is 19.5. The van der Waals surface area contributed by atoms with Gasteiger partial charge in [-0.25, -0.2) is 9.59 Å². The van der Waals surface area contributed by atoms with Gasteiger partial charge in [-0.05, 0) is 49.3 Å². The highest BCUT2D eigenvalue weighted by atomic mass is 32.2. The van der Waals surface area contributed by atoms with E-state index in [1.165, 1.54) is 0 Å². The van der Waals surface area contributed by atoms with Crippen LogP contribution in [0.2, 0.25) is 0 Å². The van der Waals surface area contributed by atoms with Crippen LogP contribution in [0.1, 0.15) is 25.7 Å². The molecule has 2 aliphatic rings. The van der Waals surface area contributed by atoms with Crippen LogP contribution in [0.4, 0.5) is 10.5 Å². The van der Waals surface area contributed by atoms with Gasteiger partial charge in [0.15, 0.2) is 0 Å². The lowest BCUT2D eigenvalue weighted by molar-refractivity contribution is -0.149. The van der Waals surface area contributed by atoms with Gasteiger partial charge in [0.25, 0.3) is 0 Å². The van der Waals surface area contributed by atoms with Crippen molar-refractivity contribution < 1.29 is 19.5 Å². The third-order valence-corrected chi connectivity index (χ3v) is 6.21. The fourth-order valence-corrected chi connectivity index (χ4v) is 4.74. The number of carboxylic acid groups (broad SMARTS) is 1. The first-order valence-corrected chi connectivity index (χ1v) is 10.4. The molecule has 0 spiro atoms. The number of amides is 3. The first-order valence-electron chi connectivity index (χ1n) is 9.24. The number of rotatable bonds is 4. The number of likely N-dealkylation sites (tertiary alicyclic amines) is 1. The van der Waals surface area contributed by atoms with Gasteiger partial charge in [0.05, 0.1) is 5.92 Å². The van der Waals surface area contributed by atoms with Crippen LogP contribution in [0.5, 0.6) is 0 Å². The molecule has 2 fully saturated rings. The maximum Gasteiger partial charge on any atom is 0.329 e. The number of piperidine rings is 1. The predicted molar refractivity (Wildman–Crippen MR) is 105 cm³/mol. The number of carboxylic acids is 1. The van der Waals surface area contributed by atoms with Gasteiger partial charge in [-0.15, -0.1) is 0 Å². The minimum atomic E-state index is -1.17. The number of carbonyl (C=O) groups is 3. The summed E-state index contributed by atoms with van der Waals surface area (Å²) in [7, 11) is 0. The number of para-hydroxylation sites is 1.